The summed E-state index contributed by atoms with van der Waals surface area (Å²) in [7, 11) is 4.86. The number of rotatable bonds is 9. The highest BCUT2D eigenvalue weighted by molar-refractivity contribution is 6.05. The van der Waals surface area contributed by atoms with Crippen molar-refractivity contribution in [1.82, 2.24) is 14.9 Å². The Morgan fingerprint density at radius 2 is 1.52 bits per heavy atom. The van der Waals surface area contributed by atoms with E-state index in [0.717, 1.165) is 61.5 Å². The van der Waals surface area contributed by atoms with Crippen LogP contribution in [0.2, 0.25) is 0 Å². The maximum atomic E-state index is 13.1. The van der Waals surface area contributed by atoms with Crippen LogP contribution < -0.4 is 19.5 Å². The minimum atomic E-state index is -0.350. The van der Waals surface area contributed by atoms with Crippen LogP contribution in [-0.4, -0.2) is 55.2 Å². The predicted molar refractivity (Wildman–Crippen MR) is 157 cm³/mol. The lowest BCUT2D eigenvalue weighted by Gasteiger charge is -2.29. The van der Waals surface area contributed by atoms with E-state index in [1.54, 1.807) is 14.2 Å². The fraction of sp³-hybridized carbons (Fsp3) is 0.344. The summed E-state index contributed by atoms with van der Waals surface area (Å²) in [5.74, 6) is 1.44. The summed E-state index contributed by atoms with van der Waals surface area (Å²) in [5, 5.41) is 2.94. The standard InChI is InChI=1S/C32H36N4O4/c1-20-15-26-27(16-21(20)2)35-32(40-5)30(34-26)31(37)33-25-10-8-22(9-11-25)7-6-13-36-14-12-23-17-28(38-3)29(39-4)18-24(23)19-36/h8-11,15-18H,6-7,12-14,19H2,1-5H3,(H,33,37). The lowest BCUT2D eigenvalue weighted by atomic mass is 9.98. The van der Waals surface area contributed by atoms with Gasteiger partial charge in [0.05, 0.1) is 32.4 Å². The van der Waals surface area contributed by atoms with Gasteiger partial charge in [-0.2, -0.15) is 0 Å². The largest absolute Gasteiger partial charge is 0.493 e. The number of aryl methyl sites for hydroxylation is 3. The van der Waals surface area contributed by atoms with E-state index < -0.39 is 0 Å². The Labute approximate surface area is 235 Å². The lowest BCUT2D eigenvalue weighted by Crippen LogP contribution is -2.31. The average molecular weight is 541 g/mol. The molecule has 0 radical (unpaired) electrons. The first-order valence-electron chi connectivity index (χ1n) is 13.6. The molecule has 0 atom stereocenters. The van der Waals surface area contributed by atoms with Crippen LogP contribution >= 0.6 is 0 Å². The van der Waals surface area contributed by atoms with Gasteiger partial charge in [-0.3, -0.25) is 9.69 Å². The number of methoxy groups -OCH3 is 3. The number of nitrogens with zero attached hydrogens (tertiary/aromatic N) is 3. The minimum absolute atomic E-state index is 0.168. The van der Waals surface area contributed by atoms with Gasteiger partial charge in [-0.1, -0.05) is 12.1 Å². The molecular formula is C32H36N4O4. The van der Waals surface area contributed by atoms with Crippen LogP contribution in [0.4, 0.5) is 5.69 Å². The average Bonchev–Trinajstić information content (AvgIpc) is 2.97. The summed E-state index contributed by atoms with van der Waals surface area (Å²) in [6.07, 6.45) is 3.03. The summed E-state index contributed by atoms with van der Waals surface area (Å²) < 4.78 is 16.3. The van der Waals surface area contributed by atoms with Crippen molar-refractivity contribution in [3.05, 3.63) is 82.0 Å². The van der Waals surface area contributed by atoms with Crippen LogP contribution in [-0.2, 0) is 19.4 Å². The first-order valence-corrected chi connectivity index (χ1v) is 13.6. The summed E-state index contributed by atoms with van der Waals surface area (Å²) in [6, 6.07) is 16.1. The topological polar surface area (TPSA) is 85.8 Å². The first-order chi connectivity index (χ1) is 19.4. The number of fused-ring (bicyclic) bond motifs is 2. The molecule has 1 aliphatic heterocycles. The molecule has 40 heavy (non-hydrogen) atoms. The second-order valence-electron chi connectivity index (χ2n) is 10.3. The monoisotopic (exact) mass is 540 g/mol. The normalized spacial score (nSPS) is 13.1. The second kappa shape index (κ2) is 11.9. The second-order valence-corrected chi connectivity index (χ2v) is 10.3. The van der Waals surface area contributed by atoms with E-state index in [1.165, 1.54) is 23.8 Å². The number of anilines is 1. The van der Waals surface area contributed by atoms with Crippen molar-refractivity contribution < 1.29 is 19.0 Å². The third-order valence-corrected chi connectivity index (χ3v) is 7.60. The van der Waals surface area contributed by atoms with Gasteiger partial charge in [0.15, 0.2) is 17.2 Å². The molecule has 8 heteroatoms. The third kappa shape index (κ3) is 5.87. The smallest absolute Gasteiger partial charge is 0.279 e. The third-order valence-electron chi connectivity index (χ3n) is 7.60. The summed E-state index contributed by atoms with van der Waals surface area (Å²) in [5.41, 5.74) is 8.33. The van der Waals surface area contributed by atoms with Crippen molar-refractivity contribution in [2.45, 2.75) is 39.7 Å². The van der Waals surface area contributed by atoms with Gasteiger partial charge in [0.1, 0.15) is 0 Å². The molecule has 2 heterocycles. The molecule has 0 saturated carbocycles. The van der Waals surface area contributed by atoms with Crippen LogP contribution in [0.5, 0.6) is 17.4 Å². The highest BCUT2D eigenvalue weighted by Gasteiger charge is 2.20. The first kappa shape index (κ1) is 27.4. The molecule has 0 aliphatic carbocycles. The van der Waals surface area contributed by atoms with Crippen LogP contribution in [0, 0.1) is 13.8 Å². The predicted octanol–water partition coefficient (Wildman–Crippen LogP) is 5.52. The Balaban J connectivity index is 1.17. The van der Waals surface area contributed by atoms with Gasteiger partial charge in [0, 0.05) is 18.8 Å². The number of hydrogen-bond acceptors (Lipinski definition) is 7. The van der Waals surface area contributed by atoms with Gasteiger partial charge in [-0.05, 0) is 104 Å². The number of benzene rings is 3. The van der Waals surface area contributed by atoms with E-state index >= 15 is 0 Å². The highest BCUT2D eigenvalue weighted by Crippen LogP contribution is 2.33. The Morgan fingerprint density at radius 1 is 0.875 bits per heavy atom. The molecule has 0 spiro atoms. The van der Waals surface area contributed by atoms with Crippen molar-refractivity contribution in [3.8, 4) is 17.4 Å². The molecule has 0 fully saturated rings. The zero-order valence-corrected chi connectivity index (χ0v) is 23.8. The number of hydrogen-bond donors (Lipinski definition) is 1. The molecule has 4 aromatic rings. The van der Waals surface area contributed by atoms with Crippen molar-refractivity contribution >= 4 is 22.6 Å². The molecule has 5 rings (SSSR count). The van der Waals surface area contributed by atoms with Gasteiger partial charge in [-0.25, -0.2) is 9.97 Å². The van der Waals surface area contributed by atoms with Gasteiger partial charge < -0.3 is 19.5 Å². The number of carbonyl (C=O) groups is 1. The van der Waals surface area contributed by atoms with Gasteiger partial charge in [-0.15, -0.1) is 0 Å². The number of carbonyl (C=O) groups excluding carboxylic acids is 1. The quantitative estimate of drug-likeness (QED) is 0.299. The van der Waals surface area contributed by atoms with Crippen molar-refractivity contribution in [2.24, 2.45) is 0 Å². The fourth-order valence-corrected chi connectivity index (χ4v) is 5.17. The van der Waals surface area contributed by atoms with Crippen LogP contribution in [0.3, 0.4) is 0 Å². The molecule has 208 valence electrons. The molecule has 0 saturated heterocycles. The molecule has 0 unspecified atom stereocenters. The number of nitrogens with one attached hydrogen (secondary N) is 1. The molecular weight excluding hydrogens is 504 g/mol. The van der Waals surface area contributed by atoms with E-state index in [-0.39, 0.29) is 17.5 Å². The van der Waals surface area contributed by atoms with E-state index in [2.05, 4.69) is 44.5 Å². The summed E-state index contributed by atoms with van der Waals surface area (Å²) >= 11 is 0. The summed E-state index contributed by atoms with van der Waals surface area (Å²) in [6.45, 7) is 7.01. The van der Waals surface area contributed by atoms with Crippen LogP contribution in [0.25, 0.3) is 11.0 Å². The maximum Gasteiger partial charge on any atom is 0.279 e. The van der Waals surface area contributed by atoms with Gasteiger partial charge in [0.25, 0.3) is 5.91 Å². The van der Waals surface area contributed by atoms with Crippen LogP contribution in [0.15, 0.2) is 48.5 Å². The van der Waals surface area contributed by atoms with E-state index in [9.17, 15) is 4.79 Å². The van der Waals surface area contributed by atoms with Gasteiger partial charge in [0.2, 0.25) is 5.88 Å². The number of aromatic nitrogens is 2. The Bertz CT molecular complexity index is 1530. The Hall–Kier alpha value is -4.17. The van der Waals surface area contributed by atoms with Gasteiger partial charge >= 0.3 is 0 Å². The molecule has 1 N–H and O–H groups in total. The summed E-state index contributed by atoms with van der Waals surface area (Å²) in [4.78, 5) is 24.6. The zero-order valence-electron chi connectivity index (χ0n) is 23.8. The molecule has 1 amide bonds. The molecule has 8 nitrogen and oxygen atoms in total. The van der Waals surface area contributed by atoms with Crippen molar-refractivity contribution in [3.63, 3.8) is 0 Å². The van der Waals surface area contributed by atoms with Crippen molar-refractivity contribution in [2.75, 3.05) is 39.7 Å². The Kier molecular flexibility index (Phi) is 8.16. The van der Waals surface area contributed by atoms with E-state index in [0.29, 0.717) is 16.7 Å². The molecule has 3 aromatic carbocycles. The Morgan fingerprint density at radius 3 is 2.17 bits per heavy atom. The number of amides is 1. The van der Waals surface area contributed by atoms with Crippen LogP contribution in [0.1, 0.15) is 44.7 Å². The molecule has 1 aliphatic rings. The zero-order chi connectivity index (χ0) is 28.2. The SMILES string of the molecule is COc1cc2c(cc1OC)CN(CCCc1ccc(NC(=O)c3nc4cc(C)c(C)cc4nc3OC)cc1)CC2. The molecule has 1 aromatic heterocycles. The molecule has 0 bridgehead atoms. The van der Waals surface area contributed by atoms with Crippen molar-refractivity contribution in [1.29, 1.82) is 0 Å². The van der Waals surface area contributed by atoms with E-state index in [4.69, 9.17) is 14.2 Å². The van der Waals surface area contributed by atoms with E-state index in [1.807, 2.05) is 38.1 Å². The number of ether oxygens (including phenoxy) is 3. The fourth-order valence-electron chi connectivity index (χ4n) is 5.17. The highest BCUT2D eigenvalue weighted by atomic mass is 16.5. The minimum Gasteiger partial charge on any atom is -0.493 e. The lowest BCUT2D eigenvalue weighted by molar-refractivity contribution is 0.101. The maximum absolute atomic E-state index is 13.1.